The highest BCUT2D eigenvalue weighted by Crippen LogP contribution is 2.45. The number of aliphatic imine (C=N–C) groups is 1. The smallest absolute Gasteiger partial charge is 0.182 e. The van der Waals surface area contributed by atoms with Gasteiger partial charge in [-0.05, 0) is 88.0 Å². The number of nitrogens with zero attached hydrogens (tertiary/aromatic N) is 6. The fourth-order valence-corrected chi connectivity index (χ4v) is 8.09. The number of fused-ring (bicyclic) bond motifs is 3. The summed E-state index contributed by atoms with van der Waals surface area (Å²) < 4.78 is 2.44. The van der Waals surface area contributed by atoms with E-state index in [1.54, 1.807) is 12.3 Å². The maximum atomic E-state index is 5.08. The molecule has 0 bridgehead atoms. The van der Waals surface area contributed by atoms with Gasteiger partial charge < -0.3 is 4.57 Å². The van der Waals surface area contributed by atoms with Crippen molar-refractivity contribution in [2.24, 2.45) is 4.99 Å². The highest BCUT2D eigenvalue weighted by Gasteiger charge is 2.24. The van der Waals surface area contributed by atoms with Gasteiger partial charge in [-0.25, -0.2) is 15.0 Å². The lowest BCUT2D eigenvalue weighted by atomic mass is 9.92. The monoisotopic (exact) mass is 782 g/mol. The van der Waals surface area contributed by atoms with Crippen LogP contribution in [-0.2, 0) is 0 Å². The van der Waals surface area contributed by atoms with Gasteiger partial charge in [0.15, 0.2) is 17.5 Å². The SMILES string of the molecule is C=CN=C(C=C)c1nc(-c2cc(-c3ccccc3)c(-n3c4ccc(-c5ccccc5)cc4c4cc(-c5ccccc5)ccc43)c(-c3ccccc3)c2)nc(-c2ccccn2)n1. The van der Waals surface area contributed by atoms with Crippen molar-refractivity contribution in [3.8, 4) is 73.1 Å². The van der Waals surface area contributed by atoms with Gasteiger partial charge in [0.05, 0.1) is 16.7 Å². The number of allylic oxidation sites excluding steroid dienone is 1. The molecule has 0 radical (unpaired) electrons. The van der Waals surface area contributed by atoms with Crippen LogP contribution in [0.2, 0.25) is 0 Å². The summed E-state index contributed by atoms with van der Waals surface area (Å²) in [5.41, 5.74) is 13.9. The first-order valence-electron chi connectivity index (χ1n) is 20.1. The second-order valence-electron chi connectivity index (χ2n) is 14.6. The fourth-order valence-electron chi connectivity index (χ4n) is 8.09. The van der Waals surface area contributed by atoms with Crippen molar-refractivity contribution in [3.63, 3.8) is 0 Å². The minimum Gasteiger partial charge on any atom is -0.308 e. The van der Waals surface area contributed by atoms with Crippen LogP contribution in [0.1, 0.15) is 5.82 Å². The number of aromatic nitrogens is 5. The normalized spacial score (nSPS) is 11.5. The van der Waals surface area contributed by atoms with Crippen molar-refractivity contribution in [2.45, 2.75) is 0 Å². The van der Waals surface area contributed by atoms with Crippen molar-refractivity contribution in [2.75, 3.05) is 0 Å². The van der Waals surface area contributed by atoms with E-state index in [0.29, 0.717) is 28.9 Å². The average Bonchev–Trinajstić information content (AvgIpc) is 3.66. The van der Waals surface area contributed by atoms with Gasteiger partial charge in [0.2, 0.25) is 0 Å². The Bertz CT molecular complexity index is 3090. The summed E-state index contributed by atoms with van der Waals surface area (Å²) in [5.74, 6) is 1.28. The summed E-state index contributed by atoms with van der Waals surface area (Å²) in [6.07, 6.45) is 4.83. The quantitative estimate of drug-likeness (QED) is 0.130. The topological polar surface area (TPSA) is 68.8 Å². The van der Waals surface area contributed by atoms with Gasteiger partial charge in [0.25, 0.3) is 0 Å². The van der Waals surface area contributed by atoms with Gasteiger partial charge in [0, 0.05) is 39.9 Å². The van der Waals surface area contributed by atoms with Crippen LogP contribution in [0.25, 0.3) is 94.9 Å². The van der Waals surface area contributed by atoms with Crippen molar-refractivity contribution >= 4 is 27.5 Å². The molecule has 0 saturated heterocycles. The third kappa shape index (κ3) is 7.02. The summed E-state index contributed by atoms with van der Waals surface area (Å²) in [6.45, 7) is 7.83. The first-order chi connectivity index (χ1) is 30.2. The Morgan fingerprint density at radius 2 is 0.951 bits per heavy atom. The predicted octanol–water partition coefficient (Wildman–Crippen LogP) is 13.5. The summed E-state index contributed by atoms with van der Waals surface area (Å²) in [7, 11) is 0. The Kier molecular flexibility index (Phi) is 9.77. The van der Waals surface area contributed by atoms with E-state index in [1.807, 2.05) is 18.2 Å². The van der Waals surface area contributed by atoms with Crippen molar-refractivity contribution in [3.05, 3.63) is 226 Å². The van der Waals surface area contributed by atoms with E-state index >= 15 is 0 Å². The number of rotatable bonds is 10. The Hall–Kier alpha value is -8.35. The zero-order chi connectivity index (χ0) is 41.1. The molecule has 0 aliphatic rings. The Balaban J connectivity index is 1.31. The molecule has 6 heteroatoms. The van der Waals surface area contributed by atoms with Crippen molar-refractivity contribution in [1.29, 1.82) is 0 Å². The summed E-state index contributed by atoms with van der Waals surface area (Å²) in [5, 5.41) is 2.33. The van der Waals surface area contributed by atoms with E-state index in [-0.39, 0.29) is 0 Å². The zero-order valence-electron chi connectivity index (χ0n) is 33.2. The number of benzene rings is 7. The summed E-state index contributed by atoms with van der Waals surface area (Å²) in [6, 6.07) is 66.0. The van der Waals surface area contributed by atoms with Crippen LogP contribution in [0, 0.1) is 0 Å². The number of hydrogen-bond donors (Lipinski definition) is 0. The molecule has 0 aliphatic heterocycles. The lowest BCUT2D eigenvalue weighted by Gasteiger charge is -2.21. The molecule has 10 rings (SSSR count). The molecule has 0 unspecified atom stereocenters. The maximum Gasteiger partial charge on any atom is 0.182 e. The molecule has 3 heterocycles. The van der Waals surface area contributed by atoms with E-state index in [0.717, 1.165) is 66.4 Å². The van der Waals surface area contributed by atoms with E-state index in [4.69, 9.17) is 15.0 Å². The van der Waals surface area contributed by atoms with Gasteiger partial charge >= 0.3 is 0 Å². The van der Waals surface area contributed by atoms with Crippen molar-refractivity contribution in [1.82, 2.24) is 24.5 Å². The van der Waals surface area contributed by atoms with Gasteiger partial charge in [0.1, 0.15) is 11.4 Å². The Labute approximate surface area is 354 Å². The zero-order valence-corrected chi connectivity index (χ0v) is 33.2. The third-order valence-electron chi connectivity index (χ3n) is 10.9. The molecule has 3 aromatic heterocycles. The largest absolute Gasteiger partial charge is 0.308 e. The number of hydrogen-bond acceptors (Lipinski definition) is 5. The number of pyridine rings is 1. The van der Waals surface area contributed by atoms with Gasteiger partial charge in [-0.1, -0.05) is 153 Å². The van der Waals surface area contributed by atoms with Crippen LogP contribution in [0.4, 0.5) is 0 Å². The molecule has 0 fully saturated rings. The van der Waals surface area contributed by atoms with Crippen LogP contribution in [0.15, 0.2) is 225 Å². The first-order valence-corrected chi connectivity index (χ1v) is 20.1. The molecule has 0 aliphatic carbocycles. The molecule has 0 amide bonds. The molecule has 0 N–H and O–H groups in total. The molecule has 61 heavy (non-hydrogen) atoms. The summed E-state index contributed by atoms with van der Waals surface area (Å²) >= 11 is 0. The molecule has 0 saturated carbocycles. The van der Waals surface area contributed by atoms with E-state index in [1.165, 1.54) is 17.3 Å². The molecular weight excluding hydrogens is 745 g/mol. The molecule has 7 aromatic carbocycles. The third-order valence-corrected chi connectivity index (χ3v) is 10.9. The molecule has 288 valence electrons. The molecule has 0 atom stereocenters. The molecular formula is C55H38N6. The predicted molar refractivity (Wildman–Crippen MR) is 252 cm³/mol. The van der Waals surface area contributed by atoms with Gasteiger partial charge in [-0.15, -0.1) is 0 Å². The standard InChI is InChI=1S/C55H38N6/c1-3-48(56-4-2)54-58-53(59-55(60-54)49-27-17-18-32-57-49)43-35-44(39-23-13-7-14-24-39)52(45(36-43)40-25-15-8-16-26-40)61-50-30-28-41(37-19-9-5-10-20-37)33-46(50)47-34-42(29-31-51(47)61)38-21-11-6-12-22-38/h3-36H,1-2H2. The van der Waals surface area contributed by atoms with E-state index in [2.05, 4.69) is 198 Å². The highest BCUT2D eigenvalue weighted by molar-refractivity contribution is 6.13. The van der Waals surface area contributed by atoms with Gasteiger partial charge in [-0.3, -0.25) is 9.98 Å². The Morgan fingerprint density at radius 3 is 1.43 bits per heavy atom. The Morgan fingerprint density at radius 1 is 0.459 bits per heavy atom. The minimum absolute atomic E-state index is 0.373. The lowest BCUT2D eigenvalue weighted by molar-refractivity contribution is 1.03. The van der Waals surface area contributed by atoms with Gasteiger partial charge in [-0.2, -0.15) is 0 Å². The van der Waals surface area contributed by atoms with Crippen LogP contribution in [0.5, 0.6) is 0 Å². The van der Waals surface area contributed by atoms with Crippen molar-refractivity contribution < 1.29 is 0 Å². The molecule has 6 nitrogen and oxygen atoms in total. The first kappa shape index (κ1) is 37.0. The van der Waals surface area contributed by atoms with Crippen LogP contribution < -0.4 is 0 Å². The summed E-state index contributed by atoms with van der Waals surface area (Å²) in [4.78, 5) is 24.0. The van der Waals surface area contributed by atoms with E-state index in [9.17, 15) is 0 Å². The molecule has 0 spiro atoms. The van der Waals surface area contributed by atoms with Crippen LogP contribution in [-0.4, -0.2) is 30.2 Å². The van der Waals surface area contributed by atoms with Crippen LogP contribution >= 0.6 is 0 Å². The minimum atomic E-state index is 0.373. The second-order valence-corrected chi connectivity index (χ2v) is 14.6. The lowest BCUT2D eigenvalue weighted by Crippen LogP contribution is -2.09. The maximum absolute atomic E-state index is 5.08. The van der Waals surface area contributed by atoms with Crippen LogP contribution in [0.3, 0.4) is 0 Å². The molecule has 10 aromatic rings. The average molecular weight is 783 g/mol. The second kappa shape index (κ2) is 16.1. The van der Waals surface area contributed by atoms with E-state index < -0.39 is 0 Å². The fraction of sp³-hybridized carbons (Fsp3) is 0. The highest BCUT2D eigenvalue weighted by atomic mass is 15.1.